The molecule has 30 heavy (non-hydrogen) atoms. The molecule has 2 aromatic rings. The second kappa shape index (κ2) is 9.27. The topological polar surface area (TPSA) is 0 Å². The van der Waals surface area contributed by atoms with E-state index in [1.165, 1.54) is 12.1 Å². The maximum Gasteiger partial charge on any atom is 0.412 e. The van der Waals surface area contributed by atoms with Gasteiger partial charge in [0, 0.05) is 11.5 Å². The van der Waals surface area contributed by atoms with Crippen LogP contribution in [0.5, 0.6) is 0 Å². The van der Waals surface area contributed by atoms with Crippen molar-refractivity contribution in [3.8, 4) is 11.1 Å². The van der Waals surface area contributed by atoms with Crippen LogP contribution in [0.2, 0.25) is 0 Å². The van der Waals surface area contributed by atoms with E-state index in [9.17, 15) is 26.3 Å². The van der Waals surface area contributed by atoms with E-state index in [2.05, 4.69) is 6.92 Å². The van der Waals surface area contributed by atoms with Crippen LogP contribution in [0, 0.1) is 17.6 Å². The Bertz CT molecular complexity index is 864. The Labute approximate surface area is 172 Å². The summed E-state index contributed by atoms with van der Waals surface area (Å²) in [4.78, 5) is 0. The van der Waals surface area contributed by atoms with Crippen LogP contribution in [0.4, 0.5) is 26.3 Å². The third-order valence-electron chi connectivity index (χ3n) is 5.73. The molecule has 0 unspecified atom stereocenters. The minimum Gasteiger partial charge on any atom is -0.212 e. The van der Waals surface area contributed by atoms with Gasteiger partial charge in [0.25, 0.3) is 0 Å². The number of alkyl halides is 3. The molecule has 0 atom stereocenters. The fourth-order valence-corrected chi connectivity index (χ4v) is 4.23. The highest BCUT2D eigenvalue weighted by atomic mass is 19.4. The molecule has 2 aromatic carbocycles. The summed E-state index contributed by atoms with van der Waals surface area (Å²) >= 11 is 0. The lowest BCUT2D eigenvalue weighted by molar-refractivity contribution is -0.0820. The van der Waals surface area contributed by atoms with Crippen molar-refractivity contribution < 1.29 is 26.3 Å². The summed E-state index contributed by atoms with van der Waals surface area (Å²) in [5, 5.41) is 0. The molecule has 1 saturated carbocycles. The SMILES string of the molecule is CCCc1ccc(-c2cc(F)c(C3CCC(/C(F)=C/C(F)(F)F)CC3)c(F)c2)cc1. The van der Waals surface area contributed by atoms with Crippen molar-refractivity contribution in [1.82, 2.24) is 0 Å². The summed E-state index contributed by atoms with van der Waals surface area (Å²) in [5.74, 6) is -3.87. The minimum absolute atomic E-state index is 0.0555. The van der Waals surface area contributed by atoms with E-state index in [-0.39, 0.29) is 37.3 Å². The third-order valence-corrected chi connectivity index (χ3v) is 5.73. The van der Waals surface area contributed by atoms with Gasteiger partial charge in [0.1, 0.15) is 17.5 Å². The van der Waals surface area contributed by atoms with Crippen molar-refractivity contribution in [2.75, 3.05) is 0 Å². The maximum atomic E-state index is 14.8. The van der Waals surface area contributed by atoms with E-state index in [4.69, 9.17) is 0 Å². The van der Waals surface area contributed by atoms with E-state index in [1.54, 1.807) is 0 Å². The largest absolute Gasteiger partial charge is 0.412 e. The van der Waals surface area contributed by atoms with Crippen LogP contribution in [0.25, 0.3) is 11.1 Å². The smallest absolute Gasteiger partial charge is 0.212 e. The van der Waals surface area contributed by atoms with E-state index in [0.717, 1.165) is 18.4 Å². The second-order valence-electron chi connectivity index (χ2n) is 7.92. The standard InChI is InChI=1S/C24H24F6/c1-2-3-15-4-6-16(7-5-15)19-12-20(25)23(21(26)13-19)18-10-8-17(9-11-18)22(27)14-24(28,29)30/h4-7,12-14,17-18H,2-3,8-11H2,1H3/b22-14-. The van der Waals surface area contributed by atoms with Gasteiger partial charge in [-0.15, -0.1) is 0 Å². The number of aryl methyl sites for hydroxylation is 1. The van der Waals surface area contributed by atoms with Crippen molar-refractivity contribution in [2.24, 2.45) is 5.92 Å². The first-order valence-electron chi connectivity index (χ1n) is 10.2. The Morgan fingerprint density at radius 2 is 1.50 bits per heavy atom. The molecule has 0 aromatic heterocycles. The van der Waals surface area contributed by atoms with Crippen molar-refractivity contribution in [3.63, 3.8) is 0 Å². The minimum atomic E-state index is -4.70. The lowest BCUT2D eigenvalue weighted by atomic mass is 9.77. The molecule has 0 spiro atoms. The summed E-state index contributed by atoms with van der Waals surface area (Å²) in [6, 6.07) is 10.1. The highest BCUT2D eigenvalue weighted by Gasteiger charge is 2.32. The van der Waals surface area contributed by atoms with E-state index < -0.39 is 35.5 Å². The van der Waals surface area contributed by atoms with Crippen molar-refractivity contribution in [3.05, 3.63) is 71.1 Å². The summed E-state index contributed by atoms with van der Waals surface area (Å²) in [5.41, 5.74) is 2.24. The van der Waals surface area contributed by atoms with Gasteiger partial charge in [0.05, 0.1) is 6.08 Å². The predicted octanol–water partition coefficient (Wildman–Crippen LogP) is 8.27. The molecule has 1 aliphatic rings. The van der Waals surface area contributed by atoms with Crippen molar-refractivity contribution in [2.45, 2.75) is 57.5 Å². The molecule has 0 nitrogen and oxygen atoms in total. The molecule has 0 aliphatic heterocycles. The van der Waals surface area contributed by atoms with Crippen molar-refractivity contribution in [1.29, 1.82) is 0 Å². The van der Waals surface area contributed by atoms with Crippen LogP contribution >= 0.6 is 0 Å². The monoisotopic (exact) mass is 426 g/mol. The Balaban J connectivity index is 1.74. The Hall–Kier alpha value is -2.24. The van der Waals surface area contributed by atoms with E-state index in [1.807, 2.05) is 24.3 Å². The normalized spacial score (nSPS) is 20.4. The molecule has 1 aliphatic carbocycles. The van der Waals surface area contributed by atoms with Gasteiger partial charge in [-0.1, -0.05) is 37.6 Å². The number of hydrogen-bond donors (Lipinski definition) is 0. The molecule has 0 heterocycles. The molecule has 0 saturated heterocycles. The third kappa shape index (κ3) is 5.46. The summed E-state index contributed by atoms with van der Waals surface area (Å²) in [6.45, 7) is 2.08. The molecular formula is C24H24F6. The molecule has 3 rings (SSSR count). The van der Waals surface area contributed by atoms with Gasteiger partial charge in [-0.25, -0.2) is 13.2 Å². The molecule has 0 amide bonds. The number of benzene rings is 2. The van der Waals surface area contributed by atoms with Gasteiger partial charge in [0.15, 0.2) is 0 Å². The zero-order chi connectivity index (χ0) is 21.9. The van der Waals surface area contributed by atoms with Crippen LogP contribution in [0.1, 0.15) is 56.1 Å². The van der Waals surface area contributed by atoms with E-state index in [0.29, 0.717) is 11.1 Å². The van der Waals surface area contributed by atoms with Crippen LogP contribution in [-0.2, 0) is 6.42 Å². The Morgan fingerprint density at radius 1 is 0.933 bits per heavy atom. The van der Waals surface area contributed by atoms with Gasteiger partial charge < -0.3 is 0 Å². The number of rotatable bonds is 5. The number of hydrogen-bond acceptors (Lipinski definition) is 0. The first-order valence-corrected chi connectivity index (χ1v) is 10.2. The molecule has 162 valence electrons. The predicted molar refractivity (Wildman–Crippen MR) is 106 cm³/mol. The van der Waals surface area contributed by atoms with Gasteiger partial charge in [-0.3, -0.25) is 0 Å². The zero-order valence-electron chi connectivity index (χ0n) is 16.7. The molecular weight excluding hydrogens is 402 g/mol. The van der Waals surface area contributed by atoms with Crippen LogP contribution in [0.15, 0.2) is 48.3 Å². The van der Waals surface area contributed by atoms with Gasteiger partial charge >= 0.3 is 6.18 Å². The summed E-state index contributed by atoms with van der Waals surface area (Å²) in [6.07, 6.45) is -2.35. The summed E-state index contributed by atoms with van der Waals surface area (Å²) in [7, 11) is 0. The van der Waals surface area contributed by atoms with Crippen molar-refractivity contribution >= 4 is 0 Å². The van der Waals surface area contributed by atoms with Crippen LogP contribution < -0.4 is 0 Å². The highest BCUT2D eigenvalue weighted by molar-refractivity contribution is 5.64. The second-order valence-corrected chi connectivity index (χ2v) is 7.92. The first-order chi connectivity index (χ1) is 14.2. The molecule has 1 fully saturated rings. The number of halogens is 6. The molecule has 0 radical (unpaired) electrons. The van der Waals surface area contributed by atoms with Gasteiger partial charge in [-0.05, 0) is 66.8 Å². The van der Waals surface area contributed by atoms with Gasteiger partial charge in [0.2, 0.25) is 0 Å². The lowest BCUT2D eigenvalue weighted by Crippen LogP contribution is -2.17. The average Bonchev–Trinajstić information content (AvgIpc) is 2.67. The highest BCUT2D eigenvalue weighted by Crippen LogP contribution is 2.42. The van der Waals surface area contributed by atoms with E-state index >= 15 is 0 Å². The fourth-order valence-electron chi connectivity index (χ4n) is 4.23. The lowest BCUT2D eigenvalue weighted by Gasteiger charge is -2.28. The Kier molecular flexibility index (Phi) is 6.94. The Morgan fingerprint density at radius 3 is 2.00 bits per heavy atom. The fraction of sp³-hybridized carbons (Fsp3) is 0.417. The first kappa shape index (κ1) is 22.4. The van der Waals surface area contributed by atoms with Gasteiger partial charge in [-0.2, -0.15) is 13.2 Å². The maximum absolute atomic E-state index is 14.8. The zero-order valence-corrected chi connectivity index (χ0v) is 16.7. The average molecular weight is 426 g/mol. The van der Waals surface area contributed by atoms with Crippen LogP contribution in [-0.4, -0.2) is 6.18 Å². The molecule has 6 heteroatoms. The molecule has 0 N–H and O–H groups in total. The molecule has 0 bridgehead atoms. The van der Waals surface area contributed by atoms with Crippen LogP contribution in [0.3, 0.4) is 0 Å². The quantitative estimate of drug-likeness (QED) is 0.422. The summed E-state index contributed by atoms with van der Waals surface area (Å²) < 4.78 is 80.3. The number of allylic oxidation sites excluding steroid dienone is 2.